The normalized spacial score (nSPS) is 10.3. The highest BCUT2D eigenvalue weighted by Gasteiger charge is 2.19. The predicted octanol–water partition coefficient (Wildman–Crippen LogP) is 3.53. The summed E-state index contributed by atoms with van der Waals surface area (Å²) in [7, 11) is 1.25. The van der Waals surface area contributed by atoms with Gasteiger partial charge < -0.3 is 9.47 Å². The number of benzene rings is 2. The van der Waals surface area contributed by atoms with E-state index in [1.807, 2.05) is 6.07 Å². The highest BCUT2D eigenvalue weighted by atomic mass is 35.5. The zero-order valence-corrected chi connectivity index (χ0v) is 13.9. The van der Waals surface area contributed by atoms with Crippen molar-refractivity contribution in [3.63, 3.8) is 0 Å². The molecule has 3 rings (SSSR count). The van der Waals surface area contributed by atoms with E-state index in [4.69, 9.17) is 16.3 Å². The third-order valence-electron chi connectivity index (χ3n) is 3.35. The first-order chi connectivity index (χ1) is 12.1. The van der Waals surface area contributed by atoms with Gasteiger partial charge in [0.05, 0.1) is 18.4 Å². The third kappa shape index (κ3) is 3.70. The third-order valence-corrected chi connectivity index (χ3v) is 3.60. The van der Waals surface area contributed by atoms with Gasteiger partial charge in [0, 0.05) is 11.1 Å². The van der Waals surface area contributed by atoms with Crippen molar-refractivity contribution < 1.29 is 19.1 Å². The average molecular weight is 357 g/mol. The first kappa shape index (κ1) is 16.7. The summed E-state index contributed by atoms with van der Waals surface area (Å²) >= 11 is 5.82. The number of methoxy groups -OCH3 is 1. The topological polar surface area (TPSA) is 70.4 Å². The van der Waals surface area contributed by atoms with Crippen molar-refractivity contribution in [2.75, 3.05) is 7.11 Å². The molecule has 0 aliphatic carbocycles. The number of para-hydroxylation sites is 1. The molecule has 0 bridgehead atoms. The van der Waals surface area contributed by atoms with Gasteiger partial charge in [-0.15, -0.1) is 0 Å². The molecule has 0 fully saturated rings. The fourth-order valence-electron chi connectivity index (χ4n) is 2.14. The Morgan fingerprint density at radius 3 is 2.32 bits per heavy atom. The van der Waals surface area contributed by atoms with Gasteiger partial charge in [-0.05, 0) is 36.4 Å². The number of rotatable bonds is 4. The molecule has 0 N–H and O–H groups in total. The van der Waals surface area contributed by atoms with Crippen LogP contribution in [0, 0.1) is 0 Å². The van der Waals surface area contributed by atoms with E-state index < -0.39 is 11.9 Å². The number of esters is 2. The second-order valence-corrected chi connectivity index (χ2v) is 5.44. The number of hydrogen-bond donors (Lipinski definition) is 0. The molecule has 1 heterocycles. The Labute approximate surface area is 148 Å². The maximum atomic E-state index is 12.3. The lowest BCUT2D eigenvalue weighted by Crippen LogP contribution is -2.11. The van der Waals surface area contributed by atoms with Gasteiger partial charge in [0.2, 0.25) is 5.88 Å². The van der Waals surface area contributed by atoms with Crippen LogP contribution in [0.15, 0.2) is 60.7 Å². The molecule has 0 radical (unpaired) electrons. The first-order valence-electron chi connectivity index (χ1n) is 7.30. The average Bonchev–Trinajstić information content (AvgIpc) is 3.06. The highest BCUT2D eigenvalue weighted by molar-refractivity contribution is 6.30. The van der Waals surface area contributed by atoms with Crippen LogP contribution in [0.4, 0.5) is 0 Å². The van der Waals surface area contributed by atoms with E-state index in [-0.39, 0.29) is 11.6 Å². The van der Waals surface area contributed by atoms with E-state index in [0.717, 1.165) is 0 Å². The number of carbonyl (C=O) groups is 2. The summed E-state index contributed by atoms with van der Waals surface area (Å²) in [5, 5.41) is 4.67. The molecule has 3 aromatic rings. The fraction of sp³-hybridized carbons (Fsp3) is 0.0556. The van der Waals surface area contributed by atoms with Crippen LogP contribution in [0.5, 0.6) is 5.88 Å². The molecular weight excluding hydrogens is 344 g/mol. The van der Waals surface area contributed by atoms with Crippen molar-refractivity contribution in [1.82, 2.24) is 9.78 Å². The molecule has 0 saturated carbocycles. The summed E-state index contributed by atoms with van der Waals surface area (Å²) < 4.78 is 11.4. The van der Waals surface area contributed by atoms with Gasteiger partial charge in [0.15, 0.2) is 5.69 Å². The van der Waals surface area contributed by atoms with E-state index in [1.54, 1.807) is 48.5 Å². The minimum Gasteiger partial charge on any atom is -0.464 e. The number of hydrogen-bond acceptors (Lipinski definition) is 5. The smallest absolute Gasteiger partial charge is 0.358 e. The second kappa shape index (κ2) is 7.19. The molecule has 126 valence electrons. The fourth-order valence-corrected chi connectivity index (χ4v) is 2.26. The quantitative estimate of drug-likeness (QED) is 0.669. The second-order valence-electron chi connectivity index (χ2n) is 5.00. The van der Waals surface area contributed by atoms with Crippen LogP contribution in [0.1, 0.15) is 20.8 Å². The number of ether oxygens (including phenoxy) is 2. The Kier molecular flexibility index (Phi) is 4.81. The van der Waals surface area contributed by atoms with Crippen LogP contribution in [-0.2, 0) is 4.74 Å². The summed E-state index contributed by atoms with van der Waals surface area (Å²) in [4.78, 5) is 24.1. The maximum Gasteiger partial charge on any atom is 0.358 e. The van der Waals surface area contributed by atoms with Crippen molar-refractivity contribution in [1.29, 1.82) is 0 Å². The standard InChI is InChI=1S/C18H13ClN2O4/c1-24-18(23)15-11-16(21(20-15)14-5-3-2-4-6-14)25-17(22)12-7-9-13(19)10-8-12/h2-11H,1H3. The van der Waals surface area contributed by atoms with Gasteiger partial charge in [0.25, 0.3) is 0 Å². The van der Waals surface area contributed by atoms with Gasteiger partial charge >= 0.3 is 11.9 Å². The van der Waals surface area contributed by atoms with E-state index >= 15 is 0 Å². The van der Waals surface area contributed by atoms with Crippen molar-refractivity contribution in [2.45, 2.75) is 0 Å². The van der Waals surface area contributed by atoms with E-state index in [2.05, 4.69) is 9.84 Å². The Balaban J connectivity index is 1.96. The van der Waals surface area contributed by atoms with Crippen molar-refractivity contribution in [2.24, 2.45) is 0 Å². The number of nitrogens with zero attached hydrogens (tertiary/aromatic N) is 2. The molecule has 1 aromatic heterocycles. The molecule has 0 aliphatic heterocycles. The molecule has 0 spiro atoms. The summed E-state index contributed by atoms with van der Waals surface area (Å²) in [5.41, 5.74) is 0.992. The van der Waals surface area contributed by atoms with Crippen molar-refractivity contribution >= 4 is 23.5 Å². The lowest BCUT2D eigenvalue weighted by Gasteiger charge is -2.07. The van der Waals surface area contributed by atoms with Crippen LogP contribution < -0.4 is 4.74 Å². The SMILES string of the molecule is COC(=O)c1cc(OC(=O)c2ccc(Cl)cc2)n(-c2ccccc2)n1. The van der Waals surface area contributed by atoms with Gasteiger partial charge in [0.1, 0.15) is 0 Å². The Bertz CT molecular complexity index is 905. The molecule has 0 aliphatic rings. The number of halogens is 1. The molecule has 0 saturated heterocycles. The summed E-state index contributed by atoms with van der Waals surface area (Å²) in [6.07, 6.45) is 0. The molecule has 0 amide bonds. The monoisotopic (exact) mass is 356 g/mol. The van der Waals surface area contributed by atoms with Gasteiger partial charge in [-0.2, -0.15) is 9.78 Å². The van der Waals surface area contributed by atoms with Crippen LogP contribution in [0.3, 0.4) is 0 Å². The largest absolute Gasteiger partial charge is 0.464 e. The number of aromatic nitrogens is 2. The number of carbonyl (C=O) groups excluding carboxylic acids is 2. The molecule has 0 unspecified atom stereocenters. The van der Waals surface area contributed by atoms with Crippen molar-refractivity contribution in [3.8, 4) is 11.6 Å². The molecule has 0 atom stereocenters. The summed E-state index contributed by atoms with van der Waals surface area (Å²) in [6, 6.07) is 16.6. The molecular formula is C18H13ClN2O4. The van der Waals surface area contributed by atoms with E-state index in [1.165, 1.54) is 17.9 Å². The van der Waals surface area contributed by atoms with Gasteiger partial charge in [-0.3, -0.25) is 0 Å². The maximum absolute atomic E-state index is 12.3. The van der Waals surface area contributed by atoms with Crippen molar-refractivity contribution in [3.05, 3.63) is 76.9 Å². The minimum absolute atomic E-state index is 0.0326. The Morgan fingerprint density at radius 2 is 1.68 bits per heavy atom. The molecule has 6 nitrogen and oxygen atoms in total. The van der Waals surface area contributed by atoms with Gasteiger partial charge in [-0.25, -0.2) is 9.59 Å². The van der Waals surface area contributed by atoms with Crippen LogP contribution in [-0.4, -0.2) is 28.8 Å². The Hall–Kier alpha value is -3.12. The molecule has 2 aromatic carbocycles. The molecule has 25 heavy (non-hydrogen) atoms. The summed E-state index contributed by atoms with van der Waals surface area (Å²) in [5.74, 6) is -1.12. The zero-order chi connectivity index (χ0) is 17.8. The zero-order valence-electron chi connectivity index (χ0n) is 13.2. The van der Waals surface area contributed by atoms with E-state index in [9.17, 15) is 9.59 Å². The lowest BCUT2D eigenvalue weighted by molar-refractivity contribution is 0.0592. The molecule has 7 heteroatoms. The lowest BCUT2D eigenvalue weighted by atomic mass is 10.2. The highest BCUT2D eigenvalue weighted by Crippen LogP contribution is 2.21. The van der Waals surface area contributed by atoms with Crippen LogP contribution in [0.25, 0.3) is 5.69 Å². The predicted molar refractivity (Wildman–Crippen MR) is 91.3 cm³/mol. The Morgan fingerprint density at radius 1 is 1.00 bits per heavy atom. The van der Waals surface area contributed by atoms with Crippen LogP contribution >= 0.6 is 11.6 Å². The first-order valence-corrected chi connectivity index (χ1v) is 7.68. The van der Waals surface area contributed by atoms with Gasteiger partial charge in [-0.1, -0.05) is 29.8 Å². The minimum atomic E-state index is -0.626. The summed E-state index contributed by atoms with van der Waals surface area (Å²) in [6.45, 7) is 0. The van der Waals surface area contributed by atoms with E-state index in [0.29, 0.717) is 16.3 Å². The van der Waals surface area contributed by atoms with Crippen LogP contribution in [0.2, 0.25) is 5.02 Å².